The summed E-state index contributed by atoms with van der Waals surface area (Å²) in [5.41, 5.74) is 3.83. The molecular weight excluding hydrogens is 146 g/mol. The largest absolute Gasteiger partial charge is 0.353 e. The van der Waals surface area contributed by atoms with Gasteiger partial charge in [0.05, 0.1) is 6.20 Å². The van der Waals surface area contributed by atoms with Crippen LogP contribution in [0.15, 0.2) is 18.2 Å². The number of benzene rings is 1. The highest BCUT2D eigenvalue weighted by molar-refractivity contribution is 5.86. The summed E-state index contributed by atoms with van der Waals surface area (Å²) in [7, 11) is 0. The first-order chi connectivity index (χ1) is 5.83. The minimum Gasteiger partial charge on any atom is -0.353 e. The molecule has 0 aliphatic rings. The second kappa shape index (κ2) is 2.67. The zero-order valence-electron chi connectivity index (χ0n) is 7.44. The standard InChI is InChI=1S/C11H12N/c1-3-9-5-4-6-10-11(9)8(2)7-12-10/h4-6,12H,3H2,1-2H3. The van der Waals surface area contributed by atoms with Crippen molar-refractivity contribution in [3.05, 3.63) is 35.5 Å². The summed E-state index contributed by atoms with van der Waals surface area (Å²) in [6.45, 7) is 4.28. The second-order valence-corrected chi connectivity index (χ2v) is 3.07. The molecular formula is C11H12N. The zero-order valence-corrected chi connectivity index (χ0v) is 7.44. The van der Waals surface area contributed by atoms with E-state index in [9.17, 15) is 0 Å². The summed E-state index contributed by atoms with van der Waals surface area (Å²) in [6, 6.07) is 6.36. The lowest BCUT2D eigenvalue weighted by Gasteiger charge is -1.99. The molecule has 0 aliphatic heterocycles. The Balaban J connectivity index is 2.84. The number of H-pyrrole nitrogens is 1. The third-order valence-corrected chi connectivity index (χ3v) is 2.29. The maximum Gasteiger partial charge on any atom is 0.0663 e. The molecule has 61 valence electrons. The van der Waals surface area contributed by atoms with E-state index in [-0.39, 0.29) is 0 Å². The van der Waals surface area contributed by atoms with E-state index in [0.717, 1.165) is 6.42 Å². The fraction of sp³-hybridized carbons (Fsp3) is 0.273. The smallest absolute Gasteiger partial charge is 0.0663 e. The predicted octanol–water partition coefficient (Wildman–Crippen LogP) is 2.84. The Morgan fingerprint density at radius 1 is 1.42 bits per heavy atom. The van der Waals surface area contributed by atoms with Gasteiger partial charge in [0.15, 0.2) is 0 Å². The summed E-state index contributed by atoms with van der Waals surface area (Å²) in [4.78, 5) is 3.14. The molecule has 1 N–H and O–H groups in total. The van der Waals surface area contributed by atoms with E-state index in [1.165, 1.54) is 22.0 Å². The van der Waals surface area contributed by atoms with Crippen molar-refractivity contribution in [1.29, 1.82) is 0 Å². The molecule has 0 atom stereocenters. The fourth-order valence-corrected chi connectivity index (χ4v) is 1.67. The molecule has 0 saturated heterocycles. The maximum absolute atomic E-state index is 3.14. The highest BCUT2D eigenvalue weighted by atomic mass is 14.7. The minimum atomic E-state index is 1.09. The quantitative estimate of drug-likeness (QED) is 0.656. The molecule has 1 heteroatoms. The van der Waals surface area contributed by atoms with Crippen LogP contribution in [0.25, 0.3) is 10.9 Å². The van der Waals surface area contributed by atoms with Gasteiger partial charge in [-0.3, -0.25) is 0 Å². The number of fused-ring (bicyclic) bond motifs is 1. The van der Waals surface area contributed by atoms with Crippen LogP contribution in [0.1, 0.15) is 18.1 Å². The maximum atomic E-state index is 3.14. The first-order valence-electron chi connectivity index (χ1n) is 4.30. The number of rotatable bonds is 1. The van der Waals surface area contributed by atoms with Crippen molar-refractivity contribution in [3.63, 3.8) is 0 Å². The Bertz CT molecular complexity index is 398. The van der Waals surface area contributed by atoms with Crippen LogP contribution in [0.3, 0.4) is 0 Å². The average molecular weight is 158 g/mol. The van der Waals surface area contributed by atoms with Gasteiger partial charge in [0, 0.05) is 10.9 Å². The Morgan fingerprint density at radius 3 is 3.00 bits per heavy atom. The summed E-state index contributed by atoms with van der Waals surface area (Å²) in [5.74, 6) is 0. The summed E-state index contributed by atoms with van der Waals surface area (Å²) >= 11 is 0. The Morgan fingerprint density at radius 2 is 2.25 bits per heavy atom. The molecule has 0 aliphatic carbocycles. The lowest BCUT2D eigenvalue weighted by Crippen LogP contribution is -1.81. The number of aromatic amines is 1. The van der Waals surface area contributed by atoms with Crippen LogP contribution in [-0.2, 0) is 6.42 Å². The van der Waals surface area contributed by atoms with Gasteiger partial charge in [-0.1, -0.05) is 19.1 Å². The molecule has 1 heterocycles. The van der Waals surface area contributed by atoms with E-state index >= 15 is 0 Å². The molecule has 1 nitrogen and oxygen atoms in total. The van der Waals surface area contributed by atoms with Crippen molar-refractivity contribution in [2.24, 2.45) is 0 Å². The third-order valence-electron chi connectivity index (χ3n) is 2.29. The third kappa shape index (κ3) is 0.934. The molecule has 2 rings (SSSR count). The molecule has 1 aromatic heterocycles. The normalized spacial score (nSPS) is 10.8. The second-order valence-electron chi connectivity index (χ2n) is 3.07. The van der Waals surface area contributed by atoms with E-state index in [1.807, 2.05) is 0 Å². The van der Waals surface area contributed by atoms with Gasteiger partial charge in [0.1, 0.15) is 0 Å². The van der Waals surface area contributed by atoms with Crippen molar-refractivity contribution in [2.75, 3.05) is 0 Å². The number of nitrogens with one attached hydrogen (secondary N) is 1. The molecule has 0 fully saturated rings. The van der Waals surface area contributed by atoms with Crippen LogP contribution in [0.4, 0.5) is 0 Å². The van der Waals surface area contributed by atoms with Crippen LogP contribution in [-0.4, -0.2) is 4.98 Å². The fourth-order valence-electron chi connectivity index (χ4n) is 1.67. The molecule has 2 aromatic rings. The molecule has 0 bridgehead atoms. The van der Waals surface area contributed by atoms with E-state index in [4.69, 9.17) is 0 Å². The van der Waals surface area contributed by atoms with Gasteiger partial charge in [-0.05, 0) is 30.5 Å². The zero-order chi connectivity index (χ0) is 8.55. The summed E-state index contributed by atoms with van der Waals surface area (Å²) in [5, 5.41) is 1.35. The van der Waals surface area contributed by atoms with Gasteiger partial charge in [-0.15, -0.1) is 0 Å². The van der Waals surface area contributed by atoms with Crippen molar-refractivity contribution in [3.8, 4) is 0 Å². The molecule has 0 amide bonds. The summed E-state index contributed by atoms with van der Waals surface area (Å²) < 4.78 is 0. The number of hydrogen-bond donors (Lipinski definition) is 1. The van der Waals surface area contributed by atoms with Gasteiger partial charge in [-0.2, -0.15) is 0 Å². The SMILES string of the molecule is CCc1cccc2[nH][c]c(C)c12. The van der Waals surface area contributed by atoms with Gasteiger partial charge in [0.2, 0.25) is 0 Å². The van der Waals surface area contributed by atoms with Gasteiger partial charge >= 0.3 is 0 Å². The van der Waals surface area contributed by atoms with E-state index < -0.39 is 0 Å². The van der Waals surface area contributed by atoms with Crippen LogP contribution in [0.5, 0.6) is 0 Å². The Hall–Kier alpha value is -1.24. The molecule has 12 heavy (non-hydrogen) atoms. The lowest BCUT2D eigenvalue weighted by atomic mass is 10.1. The van der Waals surface area contributed by atoms with Crippen LogP contribution in [0, 0.1) is 13.1 Å². The van der Waals surface area contributed by atoms with Gasteiger partial charge in [0.25, 0.3) is 0 Å². The monoisotopic (exact) mass is 158 g/mol. The van der Waals surface area contributed by atoms with Crippen LogP contribution >= 0.6 is 0 Å². The average Bonchev–Trinajstić information content (AvgIpc) is 2.48. The Labute approximate surface area is 72.4 Å². The topological polar surface area (TPSA) is 15.8 Å². The highest BCUT2D eigenvalue weighted by Gasteiger charge is 2.02. The van der Waals surface area contributed by atoms with Gasteiger partial charge < -0.3 is 4.98 Å². The molecule has 1 aromatic carbocycles. The van der Waals surface area contributed by atoms with Crippen LogP contribution in [0.2, 0.25) is 0 Å². The Kier molecular flexibility index (Phi) is 1.65. The van der Waals surface area contributed by atoms with E-state index in [2.05, 4.69) is 43.2 Å². The van der Waals surface area contributed by atoms with Crippen molar-refractivity contribution in [2.45, 2.75) is 20.3 Å². The number of aryl methyl sites for hydroxylation is 2. The molecule has 0 unspecified atom stereocenters. The number of hydrogen-bond acceptors (Lipinski definition) is 0. The minimum absolute atomic E-state index is 1.09. The van der Waals surface area contributed by atoms with Crippen molar-refractivity contribution >= 4 is 10.9 Å². The molecule has 0 spiro atoms. The molecule has 1 radical (unpaired) electrons. The van der Waals surface area contributed by atoms with Crippen molar-refractivity contribution < 1.29 is 0 Å². The van der Waals surface area contributed by atoms with E-state index in [0.29, 0.717) is 0 Å². The van der Waals surface area contributed by atoms with Gasteiger partial charge in [-0.25, -0.2) is 0 Å². The highest BCUT2D eigenvalue weighted by Crippen LogP contribution is 2.21. The summed E-state index contributed by atoms with van der Waals surface area (Å²) in [6.07, 6.45) is 4.21. The predicted molar refractivity (Wildman–Crippen MR) is 51.2 cm³/mol. The van der Waals surface area contributed by atoms with Crippen LogP contribution < -0.4 is 0 Å². The van der Waals surface area contributed by atoms with E-state index in [1.54, 1.807) is 0 Å². The van der Waals surface area contributed by atoms with Crippen molar-refractivity contribution in [1.82, 2.24) is 4.98 Å². The lowest BCUT2D eigenvalue weighted by molar-refractivity contribution is 1.16. The first kappa shape index (κ1) is 7.41. The molecule has 0 saturated carbocycles. The number of aromatic nitrogens is 1. The first-order valence-corrected chi connectivity index (χ1v) is 4.30.